The number of nitrogens with one attached hydrogen (secondary N) is 1. The maximum Gasteiger partial charge on any atom is 0.232 e. The third-order valence-corrected chi connectivity index (χ3v) is 3.11. The summed E-state index contributed by atoms with van der Waals surface area (Å²) < 4.78 is 20.9. The average molecular weight is 306 g/mol. The van der Waals surface area contributed by atoms with Gasteiger partial charge in [0, 0.05) is 17.8 Å². The fourth-order valence-electron chi connectivity index (χ4n) is 2.00. The predicted octanol–water partition coefficient (Wildman–Crippen LogP) is 2.19. The van der Waals surface area contributed by atoms with Crippen LogP contribution < -0.4 is 19.5 Å². The smallest absolute Gasteiger partial charge is 0.232 e. The van der Waals surface area contributed by atoms with E-state index in [9.17, 15) is 4.79 Å². The normalized spacial score (nSPS) is 10.2. The number of ether oxygens (including phenoxy) is 3. The zero-order valence-electron chi connectivity index (χ0n) is 12.9. The number of rotatable bonds is 6. The van der Waals surface area contributed by atoms with Crippen LogP contribution in [-0.2, 0) is 11.2 Å². The van der Waals surface area contributed by atoms with Crippen LogP contribution in [0.3, 0.4) is 0 Å². The van der Waals surface area contributed by atoms with Gasteiger partial charge in [0.25, 0.3) is 0 Å². The van der Waals surface area contributed by atoms with Gasteiger partial charge in [0.2, 0.25) is 11.7 Å². The lowest BCUT2D eigenvalue weighted by molar-refractivity contribution is -0.115. The Morgan fingerprint density at radius 1 is 1.18 bits per heavy atom. The van der Waals surface area contributed by atoms with Crippen molar-refractivity contribution in [3.05, 3.63) is 30.0 Å². The molecule has 118 valence electrons. The van der Waals surface area contributed by atoms with Crippen molar-refractivity contribution in [3.63, 3.8) is 0 Å². The molecule has 0 fully saturated rings. The summed E-state index contributed by atoms with van der Waals surface area (Å²) in [4.78, 5) is 16.0. The van der Waals surface area contributed by atoms with Gasteiger partial charge in [0.15, 0.2) is 17.9 Å². The molecule has 7 heteroatoms. The zero-order chi connectivity index (χ0) is 16.1. The molecule has 0 unspecified atom stereocenters. The van der Waals surface area contributed by atoms with Gasteiger partial charge in [-0.05, 0) is 6.92 Å². The molecule has 0 saturated heterocycles. The van der Waals surface area contributed by atoms with E-state index in [2.05, 4.69) is 10.3 Å². The van der Waals surface area contributed by atoms with Crippen molar-refractivity contribution >= 4 is 11.6 Å². The molecule has 0 radical (unpaired) electrons. The number of nitrogens with zero attached hydrogens (tertiary/aromatic N) is 1. The third-order valence-electron chi connectivity index (χ3n) is 3.11. The van der Waals surface area contributed by atoms with Crippen molar-refractivity contribution in [1.29, 1.82) is 0 Å². The Morgan fingerprint density at radius 3 is 2.27 bits per heavy atom. The van der Waals surface area contributed by atoms with Crippen molar-refractivity contribution in [3.8, 4) is 17.2 Å². The summed E-state index contributed by atoms with van der Waals surface area (Å²) in [6.07, 6.45) is 1.42. The van der Waals surface area contributed by atoms with E-state index in [0.29, 0.717) is 34.4 Å². The van der Waals surface area contributed by atoms with Crippen LogP contribution in [0.5, 0.6) is 17.2 Å². The van der Waals surface area contributed by atoms with E-state index in [-0.39, 0.29) is 12.3 Å². The second-order valence-corrected chi connectivity index (χ2v) is 4.50. The summed E-state index contributed by atoms with van der Waals surface area (Å²) in [6.45, 7) is 1.78. The molecule has 0 saturated carbocycles. The fraction of sp³-hybridized carbons (Fsp3) is 0.333. The predicted molar refractivity (Wildman–Crippen MR) is 79.7 cm³/mol. The lowest BCUT2D eigenvalue weighted by atomic mass is 10.2. The lowest BCUT2D eigenvalue weighted by Gasteiger charge is -2.14. The Balaban J connectivity index is 2.18. The van der Waals surface area contributed by atoms with E-state index in [1.54, 1.807) is 19.1 Å². The Kier molecular flexibility index (Phi) is 4.88. The van der Waals surface area contributed by atoms with Crippen molar-refractivity contribution < 1.29 is 23.4 Å². The van der Waals surface area contributed by atoms with Gasteiger partial charge in [0.1, 0.15) is 5.76 Å². The molecule has 1 aromatic carbocycles. The highest BCUT2D eigenvalue weighted by Gasteiger charge is 2.15. The number of hydrogen-bond donors (Lipinski definition) is 1. The number of aryl methyl sites for hydroxylation is 1. The van der Waals surface area contributed by atoms with Crippen LogP contribution in [0.4, 0.5) is 5.69 Å². The number of anilines is 1. The van der Waals surface area contributed by atoms with Crippen LogP contribution in [0.15, 0.2) is 22.9 Å². The highest BCUT2D eigenvalue weighted by Crippen LogP contribution is 2.39. The highest BCUT2D eigenvalue weighted by atomic mass is 16.5. The number of aromatic nitrogens is 1. The minimum absolute atomic E-state index is 0.0997. The number of methoxy groups -OCH3 is 3. The molecule has 7 nitrogen and oxygen atoms in total. The number of amides is 1. The minimum atomic E-state index is -0.228. The molecule has 1 amide bonds. The Labute approximate surface area is 128 Å². The molecule has 0 bridgehead atoms. The van der Waals surface area contributed by atoms with Crippen LogP contribution >= 0.6 is 0 Å². The molecule has 0 spiro atoms. The maximum atomic E-state index is 12.1. The molecule has 2 aromatic rings. The zero-order valence-corrected chi connectivity index (χ0v) is 12.9. The number of carbonyl (C=O) groups is 1. The summed E-state index contributed by atoms with van der Waals surface area (Å²) in [5, 5.41) is 2.77. The third kappa shape index (κ3) is 3.30. The van der Waals surface area contributed by atoms with Gasteiger partial charge < -0.3 is 23.9 Å². The molecule has 1 aromatic heterocycles. The van der Waals surface area contributed by atoms with Crippen LogP contribution in [0.2, 0.25) is 0 Å². The quantitative estimate of drug-likeness (QED) is 0.881. The Hall–Kier alpha value is -2.70. The molecule has 22 heavy (non-hydrogen) atoms. The van der Waals surface area contributed by atoms with Crippen LogP contribution in [0.25, 0.3) is 0 Å². The molecule has 0 aliphatic heterocycles. The summed E-state index contributed by atoms with van der Waals surface area (Å²) in [7, 11) is 4.55. The fourth-order valence-corrected chi connectivity index (χ4v) is 2.00. The van der Waals surface area contributed by atoms with Crippen LogP contribution in [0.1, 0.15) is 11.5 Å². The van der Waals surface area contributed by atoms with Crippen molar-refractivity contribution in [2.75, 3.05) is 26.6 Å². The first kappa shape index (κ1) is 15.7. The van der Waals surface area contributed by atoms with E-state index in [1.165, 1.54) is 27.7 Å². The average Bonchev–Trinajstić information content (AvgIpc) is 2.91. The molecular weight excluding hydrogens is 288 g/mol. The molecule has 1 heterocycles. The Morgan fingerprint density at radius 2 is 1.82 bits per heavy atom. The SMILES string of the molecule is COc1cc(NC(=O)Cc2ocnc2C)cc(OC)c1OC. The van der Waals surface area contributed by atoms with Gasteiger partial charge in [-0.2, -0.15) is 0 Å². The van der Waals surface area contributed by atoms with Crippen LogP contribution in [-0.4, -0.2) is 32.2 Å². The topological polar surface area (TPSA) is 82.8 Å². The summed E-state index contributed by atoms with van der Waals surface area (Å²) in [6, 6.07) is 3.32. The largest absolute Gasteiger partial charge is 0.493 e. The first-order valence-corrected chi connectivity index (χ1v) is 6.57. The molecule has 0 atom stereocenters. The van der Waals surface area contributed by atoms with Gasteiger partial charge in [-0.15, -0.1) is 0 Å². The first-order valence-electron chi connectivity index (χ1n) is 6.57. The first-order chi connectivity index (χ1) is 10.6. The second-order valence-electron chi connectivity index (χ2n) is 4.50. The standard InChI is InChI=1S/C15H18N2O5/c1-9-11(22-8-16-9)7-14(18)17-10-5-12(19-2)15(21-4)13(6-10)20-3/h5-6,8H,7H2,1-4H3,(H,17,18). The van der Waals surface area contributed by atoms with E-state index >= 15 is 0 Å². The van der Waals surface area contributed by atoms with Crippen molar-refractivity contribution in [2.24, 2.45) is 0 Å². The van der Waals surface area contributed by atoms with Crippen molar-refractivity contribution in [2.45, 2.75) is 13.3 Å². The van der Waals surface area contributed by atoms with Crippen LogP contribution in [0, 0.1) is 6.92 Å². The lowest BCUT2D eigenvalue weighted by Crippen LogP contribution is -2.14. The Bertz CT molecular complexity index is 641. The van der Waals surface area contributed by atoms with Gasteiger partial charge in [-0.1, -0.05) is 0 Å². The summed E-state index contributed by atoms with van der Waals surface area (Å²) in [5.74, 6) is 1.70. The van der Waals surface area contributed by atoms with E-state index in [4.69, 9.17) is 18.6 Å². The van der Waals surface area contributed by atoms with Gasteiger partial charge in [-0.3, -0.25) is 4.79 Å². The summed E-state index contributed by atoms with van der Waals surface area (Å²) >= 11 is 0. The molecule has 0 aliphatic rings. The van der Waals surface area contributed by atoms with Gasteiger partial charge in [-0.25, -0.2) is 4.98 Å². The molecule has 2 rings (SSSR count). The molecule has 0 aliphatic carbocycles. The second kappa shape index (κ2) is 6.84. The monoisotopic (exact) mass is 306 g/mol. The number of oxazole rings is 1. The highest BCUT2D eigenvalue weighted by molar-refractivity contribution is 5.92. The van der Waals surface area contributed by atoms with E-state index in [1.807, 2.05) is 0 Å². The number of hydrogen-bond acceptors (Lipinski definition) is 6. The summed E-state index contributed by atoms with van der Waals surface area (Å²) in [5.41, 5.74) is 1.23. The number of benzene rings is 1. The van der Waals surface area contributed by atoms with E-state index in [0.717, 1.165) is 0 Å². The molecular formula is C15H18N2O5. The minimum Gasteiger partial charge on any atom is -0.493 e. The van der Waals surface area contributed by atoms with Gasteiger partial charge in [0.05, 0.1) is 33.4 Å². The van der Waals surface area contributed by atoms with E-state index < -0.39 is 0 Å². The maximum absolute atomic E-state index is 12.1. The van der Waals surface area contributed by atoms with Crippen molar-refractivity contribution in [1.82, 2.24) is 4.98 Å². The molecule has 1 N–H and O–H groups in total. The van der Waals surface area contributed by atoms with Gasteiger partial charge >= 0.3 is 0 Å². The number of carbonyl (C=O) groups excluding carboxylic acids is 1.